The number of aromatic nitrogens is 1. The molecule has 0 aromatic carbocycles. The van der Waals surface area contributed by atoms with Gasteiger partial charge in [0.25, 0.3) is 0 Å². The Morgan fingerprint density at radius 2 is 2.21 bits per heavy atom. The van der Waals surface area contributed by atoms with E-state index in [9.17, 15) is 0 Å². The van der Waals surface area contributed by atoms with Crippen LogP contribution < -0.4 is 11.1 Å². The number of rotatable bonds is 4. The largest absolute Gasteiger partial charge is 0.396 e. The van der Waals surface area contributed by atoms with Gasteiger partial charge in [-0.15, -0.1) is 0 Å². The van der Waals surface area contributed by atoms with E-state index in [0.717, 1.165) is 23.6 Å². The molecule has 1 atom stereocenters. The summed E-state index contributed by atoms with van der Waals surface area (Å²) in [4.78, 5) is 4.36. The molecule has 0 amide bonds. The maximum atomic E-state index is 5.81. The van der Waals surface area contributed by atoms with Gasteiger partial charge in [0.2, 0.25) is 0 Å². The van der Waals surface area contributed by atoms with Crippen LogP contribution in [0.1, 0.15) is 32.4 Å². The Hall–Kier alpha value is -1.25. The predicted molar refractivity (Wildman–Crippen MR) is 61.4 cm³/mol. The molecule has 0 bridgehead atoms. The van der Waals surface area contributed by atoms with Crippen molar-refractivity contribution in [3.63, 3.8) is 0 Å². The van der Waals surface area contributed by atoms with Gasteiger partial charge in [-0.25, -0.2) is 4.98 Å². The van der Waals surface area contributed by atoms with E-state index in [1.54, 1.807) is 0 Å². The van der Waals surface area contributed by atoms with Crippen LogP contribution in [0.5, 0.6) is 0 Å². The number of hydrogen-bond acceptors (Lipinski definition) is 3. The number of aryl methyl sites for hydroxylation is 1. The molecule has 1 unspecified atom stereocenters. The maximum absolute atomic E-state index is 5.81. The first-order chi connectivity index (χ1) is 6.63. The van der Waals surface area contributed by atoms with Crippen molar-refractivity contribution in [1.82, 2.24) is 4.98 Å². The van der Waals surface area contributed by atoms with Gasteiger partial charge in [-0.1, -0.05) is 13.3 Å². The zero-order valence-corrected chi connectivity index (χ0v) is 9.17. The van der Waals surface area contributed by atoms with E-state index in [0.29, 0.717) is 6.04 Å². The minimum absolute atomic E-state index is 0.427. The Labute approximate surface area is 85.7 Å². The van der Waals surface area contributed by atoms with Crippen LogP contribution in [0, 0.1) is 6.92 Å². The molecule has 1 heterocycles. The summed E-state index contributed by atoms with van der Waals surface area (Å²) in [5, 5.41) is 3.32. The third-order valence-electron chi connectivity index (χ3n) is 2.17. The molecule has 0 aliphatic heterocycles. The molecule has 0 spiro atoms. The van der Waals surface area contributed by atoms with Gasteiger partial charge in [-0.2, -0.15) is 0 Å². The second-order valence-electron chi connectivity index (χ2n) is 3.72. The van der Waals surface area contributed by atoms with Crippen molar-refractivity contribution in [2.45, 2.75) is 39.7 Å². The molecule has 3 nitrogen and oxygen atoms in total. The van der Waals surface area contributed by atoms with E-state index in [1.807, 2.05) is 19.1 Å². The van der Waals surface area contributed by atoms with Gasteiger partial charge < -0.3 is 11.1 Å². The summed E-state index contributed by atoms with van der Waals surface area (Å²) < 4.78 is 0. The Morgan fingerprint density at radius 3 is 2.86 bits per heavy atom. The Morgan fingerprint density at radius 1 is 1.50 bits per heavy atom. The van der Waals surface area contributed by atoms with Crippen molar-refractivity contribution in [2.75, 3.05) is 11.1 Å². The van der Waals surface area contributed by atoms with Crippen molar-refractivity contribution in [3.8, 4) is 0 Å². The quantitative estimate of drug-likeness (QED) is 0.772. The third-order valence-corrected chi connectivity index (χ3v) is 2.17. The van der Waals surface area contributed by atoms with Crippen LogP contribution >= 0.6 is 0 Å². The first-order valence-corrected chi connectivity index (χ1v) is 5.13. The minimum atomic E-state index is 0.427. The van der Waals surface area contributed by atoms with Crippen LogP contribution in [0.4, 0.5) is 11.5 Å². The van der Waals surface area contributed by atoms with Crippen molar-refractivity contribution < 1.29 is 0 Å². The molecular formula is C11H19N3. The number of nitrogens with zero attached hydrogens (tertiary/aromatic N) is 1. The summed E-state index contributed by atoms with van der Waals surface area (Å²) in [6.45, 7) is 6.28. The molecule has 1 aromatic rings. The SMILES string of the molecule is CCCC(C)Nc1nc(C)ccc1N. The summed E-state index contributed by atoms with van der Waals surface area (Å²) in [6.07, 6.45) is 2.30. The first-order valence-electron chi connectivity index (χ1n) is 5.13. The number of hydrogen-bond donors (Lipinski definition) is 2. The predicted octanol–water partition coefficient (Wildman–Crippen LogP) is 2.57. The van der Waals surface area contributed by atoms with E-state index in [1.165, 1.54) is 6.42 Å². The molecule has 0 radical (unpaired) electrons. The number of nitrogens with two attached hydrogens (primary N) is 1. The van der Waals surface area contributed by atoms with Crippen LogP contribution in [0.2, 0.25) is 0 Å². The van der Waals surface area contributed by atoms with Gasteiger partial charge in [0.1, 0.15) is 5.82 Å². The lowest BCUT2D eigenvalue weighted by molar-refractivity contribution is 0.687. The van der Waals surface area contributed by atoms with Crippen molar-refractivity contribution in [3.05, 3.63) is 17.8 Å². The summed E-state index contributed by atoms with van der Waals surface area (Å²) in [5.74, 6) is 0.811. The van der Waals surface area contributed by atoms with Crippen LogP contribution in [0.3, 0.4) is 0 Å². The van der Waals surface area contributed by atoms with E-state index < -0.39 is 0 Å². The molecule has 0 fully saturated rings. The molecule has 14 heavy (non-hydrogen) atoms. The lowest BCUT2D eigenvalue weighted by atomic mass is 10.2. The normalized spacial score (nSPS) is 12.5. The van der Waals surface area contributed by atoms with E-state index in [-0.39, 0.29) is 0 Å². The van der Waals surface area contributed by atoms with Crippen LogP contribution in [0.15, 0.2) is 12.1 Å². The van der Waals surface area contributed by atoms with Crippen molar-refractivity contribution >= 4 is 11.5 Å². The van der Waals surface area contributed by atoms with Gasteiger partial charge >= 0.3 is 0 Å². The van der Waals surface area contributed by atoms with Gasteiger partial charge in [0.05, 0.1) is 5.69 Å². The zero-order valence-electron chi connectivity index (χ0n) is 9.17. The highest BCUT2D eigenvalue weighted by molar-refractivity contribution is 5.61. The molecule has 0 aliphatic carbocycles. The molecule has 0 saturated heterocycles. The third kappa shape index (κ3) is 2.91. The number of anilines is 2. The molecule has 0 saturated carbocycles. The fourth-order valence-electron chi connectivity index (χ4n) is 1.42. The maximum Gasteiger partial charge on any atom is 0.149 e. The van der Waals surface area contributed by atoms with Gasteiger partial charge in [0.15, 0.2) is 0 Å². The standard InChI is InChI=1S/C11H19N3/c1-4-5-8(2)13-11-10(12)7-6-9(3)14-11/h6-8H,4-5,12H2,1-3H3,(H,13,14). The van der Waals surface area contributed by atoms with Crippen molar-refractivity contribution in [2.24, 2.45) is 0 Å². The second kappa shape index (κ2) is 4.84. The molecular weight excluding hydrogens is 174 g/mol. The molecule has 78 valence electrons. The monoisotopic (exact) mass is 193 g/mol. The highest BCUT2D eigenvalue weighted by Crippen LogP contribution is 2.17. The van der Waals surface area contributed by atoms with Crippen LogP contribution in [0.25, 0.3) is 0 Å². The lowest BCUT2D eigenvalue weighted by Crippen LogP contribution is -2.16. The summed E-state index contributed by atoms with van der Waals surface area (Å²) >= 11 is 0. The molecule has 3 heteroatoms. The van der Waals surface area contributed by atoms with E-state index in [4.69, 9.17) is 5.73 Å². The van der Waals surface area contributed by atoms with Gasteiger partial charge in [-0.3, -0.25) is 0 Å². The van der Waals surface area contributed by atoms with E-state index in [2.05, 4.69) is 24.1 Å². The zero-order chi connectivity index (χ0) is 10.6. The fraction of sp³-hybridized carbons (Fsp3) is 0.545. The topological polar surface area (TPSA) is 50.9 Å². The Bertz CT molecular complexity index is 297. The number of nitrogen functional groups attached to an aromatic ring is 1. The van der Waals surface area contributed by atoms with Crippen LogP contribution in [-0.2, 0) is 0 Å². The highest BCUT2D eigenvalue weighted by atomic mass is 15.0. The number of nitrogens with one attached hydrogen (secondary N) is 1. The van der Waals surface area contributed by atoms with E-state index >= 15 is 0 Å². The van der Waals surface area contributed by atoms with Gasteiger partial charge in [0, 0.05) is 11.7 Å². The molecule has 3 N–H and O–H groups in total. The Kier molecular flexibility index (Phi) is 3.74. The first kappa shape index (κ1) is 10.8. The average Bonchev–Trinajstić information content (AvgIpc) is 2.12. The fourth-order valence-corrected chi connectivity index (χ4v) is 1.42. The summed E-state index contributed by atoms with van der Waals surface area (Å²) in [7, 11) is 0. The average molecular weight is 193 g/mol. The molecule has 1 rings (SSSR count). The second-order valence-corrected chi connectivity index (χ2v) is 3.72. The molecule has 1 aromatic heterocycles. The number of pyridine rings is 1. The van der Waals surface area contributed by atoms with Gasteiger partial charge in [-0.05, 0) is 32.4 Å². The Balaban J connectivity index is 2.70. The van der Waals surface area contributed by atoms with Crippen LogP contribution in [-0.4, -0.2) is 11.0 Å². The summed E-state index contributed by atoms with van der Waals surface area (Å²) in [5.41, 5.74) is 7.52. The smallest absolute Gasteiger partial charge is 0.149 e. The summed E-state index contributed by atoms with van der Waals surface area (Å²) in [6, 6.07) is 4.24. The van der Waals surface area contributed by atoms with Crippen molar-refractivity contribution in [1.29, 1.82) is 0 Å². The lowest BCUT2D eigenvalue weighted by Gasteiger charge is -2.15. The molecule has 0 aliphatic rings. The minimum Gasteiger partial charge on any atom is -0.396 e. The highest BCUT2D eigenvalue weighted by Gasteiger charge is 2.04.